The van der Waals surface area contributed by atoms with Crippen molar-refractivity contribution in [2.45, 2.75) is 26.5 Å². The van der Waals surface area contributed by atoms with Crippen molar-refractivity contribution in [1.82, 2.24) is 0 Å². The molecule has 0 aromatic heterocycles. The molecule has 0 atom stereocenters. The molecular weight excluding hydrogens is 1570 g/mol. The first-order chi connectivity index (χ1) is 46.4. The average molecular weight is 1650 g/mol. The van der Waals surface area contributed by atoms with Crippen LogP contribution in [-0.4, -0.2) is 185 Å². The van der Waals surface area contributed by atoms with Crippen LogP contribution in [-0.2, 0) is 56.4 Å². The van der Waals surface area contributed by atoms with E-state index in [9.17, 15) is 28.8 Å². The fraction of sp³-hybridized carbons (Fsp3) is 0.317. The van der Waals surface area contributed by atoms with Crippen LogP contribution in [0.1, 0.15) is 56.6 Å². The third-order valence-corrected chi connectivity index (χ3v) is 12.0. The fourth-order valence-electron chi connectivity index (χ4n) is 7.09. The molecule has 0 saturated carbocycles. The maximum Gasteiger partial charge on any atom is 1.00 e. The molecular formula is C60H74AlBrCl4LiN2NaO30S2. The number of carbonyl (C=O) groups excluding carboxylic acids is 3. The summed E-state index contributed by atoms with van der Waals surface area (Å²) in [6, 6.07) is 18.3. The van der Waals surface area contributed by atoms with Crippen molar-refractivity contribution in [3.05, 3.63) is 124 Å². The second-order valence-corrected chi connectivity index (χ2v) is 25.7. The molecule has 6 aromatic rings. The molecule has 10 rings (SSSR count). The predicted octanol–water partition coefficient (Wildman–Crippen LogP) is 3.85. The van der Waals surface area contributed by atoms with Crippen LogP contribution in [0.15, 0.2) is 72.8 Å². The van der Waals surface area contributed by atoms with E-state index in [-0.39, 0.29) is 125 Å². The van der Waals surface area contributed by atoms with E-state index in [1.54, 1.807) is 51.7 Å². The minimum Gasteiger partial charge on any atom is -1.00 e. The van der Waals surface area contributed by atoms with Crippen molar-refractivity contribution < 1.29 is 193 Å². The van der Waals surface area contributed by atoms with Gasteiger partial charge in [-0.2, -0.15) is 0 Å². The van der Waals surface area contributed by atoms with E-state index >= 15 is 0 Å². The number of hydrogen-bond donors (Lipinski definition) is 8. The standard InChI is InChI=1S/C10H9NO3.C10H10O5.C9H9ClO3.C9H10O5.C9H10O4.C8H8O5.C2H8O4S.CH2BrCl.CN.CH4.Al.Cl2OS.Li.Na.4H/c1-11-5-7-3-8(12-2)10-9(4-7)13-6-14-10;1-12-7-3-6(10(11)13-2)4-8-9(7)15-5-14-8;1-11-7-2-6(4-10)3-8-9(7)13-5-12-8;1-13-7-4-5(9(12)14-2)3-6(10)8(7)11;1-11-7-2-6(4-10)3-8-9(7)13-5-12-8;1-13-8(12)4-2-5(9)7(11)6(10)3-4;1-7(2,4,5)6-3;2-1-3;1-2;;;1-4(2)3;;;;;;/h3-4H,5-6H2,2H3;3-4H,5H2,1-2H3;2-3H,4-5H2,1H3;3-4,10-11H,1-2H3;2-3,10H,4-5H2,1H3;2-3,9-11H,1H3;3H,1-2H3,(H,4,5);1H2;;1H4;;;;;;;;/q;;;;;;;;-1;;;;2*+1;;;;-1. The third kappa shape index (κ3) is 34.1. The summed E-state index contributed by atoms with van der Waals surface area (Å²) in [6.45, 7) is 12.6. The monoisotopic (exact) mass is 1640 g/mol. The number of phenolic OH excluding ortho intramolecular Hbond substituents is 5. The molecule has 0 spiro atoms. The number of aromatic hydroxyl groups is 5. The molecule has 42 heteroatoms. The summed E-state index contributed by atoms with van der Waals surface area (Å²) in [5.74, 6) is 3.33. The van der Waals surface area contributed by atoms with Gasteiger partial charge >= 0.3 is 66.3 Å². The Labute approximate surface area is 662 Å². The Morgan fingerprint density at radius 2 is 0.824 bits per heavy atom. The molecule has 0 saturated heterocycles. The number of aliphatic hydroxyl groups is 1. The number of esters is 3. The number of aliphatic hydroxyl groups excluding tert-OH is 1. The van der Waals surface area contributed by atoms with E-state index in [2.05, 4.69) is 60.7 Å². The van der Waals surface area contributed by atoms with Gasteiger partial charge in [0.25, 0.3) is 0 Å². The van der Waals surface area contributed by atoms with Crippen LogP contribution in [0.3, 0.4) is 0 Å². The molecule has 8 N–H and O–H groups in total. The van der Waals surface area contributed by atoms with Crippen LogP contribution in [0.5, 0.6) is 103 Å². The maximum absolute atomic E-state index is 11.3. The van der Waals surface area contributed by atoms with Gasteiger partial charge in [0.15, 0.2) is 92.1 Å². The molecule has 32 nitrogen and oxygen atoms in total. The van der Waals surface area contributed by atoms with E-state index in [1.165, 1.54) is 41.6 Å². The Bertz CT molecular complexity index is 3690. The van der Waals surface area contributed by atoms with Gasteiger partial charge in [-0.05, 0) is 83.9 Å². The van der Waals surface area contributed by atoms with Crippen molar-refractivity contribution in [1.29, 1.82) is 5.26 Å². The number of benzene rings is 6. The Hall–Kier alpha value is -6.98. The number of alkyl halides is 3. The van der Waals surface area contributed by atoms with Crippen molar-refractivity contribution in [2.24, 2.45) is 0 Å². The number of methoxy groups -OCH3 is 8. The number of rotatable bonds is 12. The van der Waals surface area contributed by atoms with Crippen LogP contribution in [0, 0.1) is 18.4 Å². The molecule has 0 amide bonds. The summed E-state index contributed by atoms with van der Waals surface area (Å²) in [4.78, 5) is 37.1. The normalized spacial score (nSPS) is 11.2. The van der Waals surface area contributed by atoms with Gasteiger partial charge in [-0.15, -0.1) is 27.5 Å². The summed E-state index contributed by atoms with van der Waals surface area (Å²) in [5.41, 5.74) is 3.04. The van der Waals surface area contributed by atoms with Crippen LogP contribution in [0.25, 0.3) is 4.85 Å². The molecule has 6 aromatic carbocycles. The van der Waals surface area contributed by atoms with Gasteiger partial charge in [0.05, 0.1) is 85.0 Å². The Kier molecular flexibility index (Phi) is 51.7. The SMILES string of the molecule is C.COC(=O)c1cc(O)c(O)c(O)c1.COC(=O)c1cc(O)c(O)c(OC)c1.COC(=O)c1cc(OC)c2c(c1)OCO2.COc1cc(CCl)cc2c1OCO2.COc1cc(CO)cc2c1OCO2.CS(C)(=O)(O)OO.ClCBr.O=S(Cl)Cl.[AlH3].[C-]#N.[C-]#[N+]Cc1cc(OC)c2c(c1)OCO2.[H-].[Li+].[Na+]. The number of nitrogens with zero attached hydrogens (tertiary/aromatic N) is 2. The number of hydrogen-bond acceptors (Lipinski definition) is 30. The summed E-state index contributed by atoms with van der Waals surface area (Å²) in [5, 5.41) is 68.3. The Morgan fingerprint density at radius 1 is 0.559 bits per heavy atom. The van der Waals surface area contributed by atoms with Crippen LogP contribution in [0.4, 0.5) is 0 Å². The van der Waals surface area contributed by atoms with Crippen LogP contribution in [0.2, 0.25) is 0 Å². The van der Waals surface area contributed by atoms with Crippen LogP contribution < -0.4 is 110 Å². The second-order valence-electron chi connectivity index (χ2n) is 18.0. The first-order valence-corrected chi connectivity index (χ1v) is 33.8. The number of ether oxygens (including phenoxy) is 16. The molecule has 102 heavy (non-hydrogen) atoms. The quantitative estimate of drug-likeness (QED) is 0.00992. The topological polar surface area (TPSA) is 432 Å². The van der Waals surface area contributed by atoms with E-state index in [0.717, 1.165) is 47.4 Å². The molecule has 4 aliphatic rings. The molecule has 0 fully saturated rings. The number of halogens is 5. The number of phenols is 5. The van der Waals surface area contributed by atoms with Crippen molar-refractivity contribution in [3.63, 3.8) is 0 Å². The minimum atomic E-state index is -4.06. The average Bonchev–Trinajstić information content (AvgIpc) is 1.70. The Morgan fingerprint density at radius 3 is 1.13 bits per heavy atom. The molecule has 0 unspecified atom stereocenters. The second kappa shape index (κ2) is 52.0. The third-order valence-electron chi connectivity index (χ3n) is 11.2. The predicted molar refractivity (Wildman–Crippen MR) is 373 cm³/mol. The molecule has 0 aliphatic carbocycles. The van der Waals surface area contributed by atoms with Crippen LogP contribution >= 0.6 is 60.5 Å². The van der Waals surface area contributed by atoms with E-state index in [0.29, 0.717) is 91.8 Å². The molecule has 0 bridgehead atoms. The molecule has 556 valence electrons. The summed E-state index contributed by atoms with van der Waals surface area (Å²) in [6.07, 6.45) is 1.80. The van der Waals surface area contributed by atoms with Gasteiger partial charge in [-0.3, -0.25) is 0 Å². The van der Waals surface area contributed by atoms with Gasteiger partial charge < -0.3 is 129 Å². The van der Waals surface area contributed by atoms with E-state index < -0.39 is 65.5 Å². The van der Waals surface area contributed by atoms with Gasteiger partial charge in [-0.1, -0.05) is 23.4 Å². The smallest absolute Gasteiger partial charge is 1.00 e. The summed E-state index contributed by atoms with van der Waals surface area (Å²) < 4.78 is 111. The largest absolute Gasteiger partial charge is 1.00 e. The van der Waals surface area contributed by atoms with Crippen molar-refractivity contribution in [2.75, 3.05) is 101 Å². The van der Waals surface area contributed by atoms with Crippen molar-refractivity contribution >= 4 is 115 Å². The number of carbonyl (C=O) groups is 3. The first kappa shape index (κ1) is 101. The summed E-state index contributed by atoms with van der Waals surface area (Å²) >= 11 is 13.5. The van der Waals surface area contributed by atoms with E-state index in [4.69, 9.17) is 138 Å². The van der Waals surface area contributed by atoms with Gasteiger partial charge in [0.2, 0.25) is 71.7 Å². The number of fused-ring (bicyclic) bond motifs is 4. The van der Waals surface area contributed by atoms with Gasteiger partial charge in [-0.25, -0.2) is 34.6 Å². The molecule has 4 aliphatic heterocycles. The molecule has 0 radical (unpaired) electrons. The van der Waals surface area contributed by atoms with E-state index in [1.807, 2.05) is 18.2 Å². The van der Waals surface area contributed by atoms with Crippen molar-refractivity contribution in [3.8, 4) is 103 Å². The zero-order chi connectivity index (χ0) is 74.5. The summed E-state index contributed by atoms with van der Waals surface area (Å²) in [7, 11) is 14.5. The maximum atomic E-state index is 11.3. The molecule has 4 heterocycles. The zero-order valence-electron chi connectivity index (χ0n) is 56.2. The van der Waals surface area contributed by atoms with Gasteiger partial charge in [0, 0.05) is 45.3 Å². The Balaban J connectivity index is -0.000000355. The fourth-order valence-corrected chi connectivity index (χ4v) is 7.25. The minimum absolute atomic E-state index is 0. The zero-order valence-corrected chi connectivity index (χ0v) is 63.5. The van der Waals surface area contributed by atoms with Gasteiger partial charge in [0.1, 0.15) is 9.63 Å². The first-order valence-electron chi connectivity index (χ1n) is 26.2.